The third-order valence-electron chi connectivity index (χ3n) is 3.43. The minimum Gasteiger partial charge on any atom is -0.481 e. The average molecular weight is 289 g/mol. The number of benzene rings is 1. The van der Waals surface area contributed by atoms with Crippen LogP contribution in [0.3, 0.4) is 0 Å². The number of aryl methyl sites for hydroxylation is 1. The first kappa shape index (κ1) is 15.3. The summed E-state index contributed by atoms with van der Waals surface area (Å²) in [6.07, 6.45) is 0. The van der Waals surface area contributed by atoms with Gasteiger partial charge >= 0.3 is 11.6 Å². The van der Waals surface area contributed by atoms with Gasteiger partial charge in [-0.2, -0.15) is 0 Å². The van der Waals surface area contributed by atoms with Gasteiger partial charge in [0.05, 0.1) is 5.92 Å². The Morgan fingerprint density at radius 3 is 2.76 bits per heavy atom. The molecule has 0 radical (unpaired) electrons. The van der Waals surface area contributed by atoms with Crippen molar-refractivity contribution in [2.45, 2.75) is 20.4 Å². The van der Waals surface area contributed by atoms with E-state index in [0.717, 1.165) is 16.5 Å². The molecule has 1 atom stereocenters. The van der Waals surface area contributed by atoms with Gasteiger partial charge in [0, 0.05) is 24.5 Å². The van der Waals surface area contributed by atoms with Gasteiger partial charge in [-0.15, -0.1) is 0 Å². The molecule has 0 fully saturated rings. The zero-order chi connectivity index (χ0) is 15.6. The molecule has 2 aromatic rings. The van der Waals surface area contributed by atoms with Crippen molar-refractivity contribution in [2.75, 3.05) is 13.6 Å². The summed E-state index contributed by atoms with van der Waals surface area (Å²) >= 11 is 0. The van der Waals surface area contributed by atoms with Gasteiger partial charge in [-0.3, -0.25) is 4.79 Å². The molecule has 1 unspecified atom stereocenters. The third kappa shape index (κ3) is 3.70. The Labute approximate surface area is 122 Å². The molecule has 21 heavy (non-hydrogen) atoms. The molecule has 1 aromatic carbocycles. The fourth-order valence-electron chi connectivity index (χ4n) is 2.37. The maximum absolute atomic E-state index is 11.6. The summed E-state index contributed by atoms with van der Waals surface area (Å²) in [5, 5.41) is 9.84. The molecular formula is C16H19NO4. The van der Waals surface area contributed by atoms with Crippen LogP contribution in [0.4, 0.5) is 0 Å². The van der Waals surface area contributed by atoms with Crippen LogP contribution in [-0.4, -0.2) is 29.6 Å². The molecule has 1 N–H and O–H groups in total. The molecule has 5 heteroatoms. The van der Waals surface area contributed by atoms with E-state index in [-0.39, 0.29) is 5.63 Å². The van der Waals surface area contributed by atoms with Gasteiger partial charge in [0.25, 0.3) is 0 Å². The Kier molecular flexibility index (Phi) is 4.43. The molecule has 0 saturated carbocycles. The van der Waals surface area contributed by atoms with Crippen molar-refractivity contribution in [1.82, 2.24) is 4.90 Å². The van der Waals surface area contributed by atoms with Crippen LogP contribution in [0.5, 0.6) is 0 Å². The molecule has 1 aromatic heterocycles. The molecule has 0 aliphatic carbocycles. The minimum absolute atomic E-state index is 0.386. The summed E-state index contributed by atoms with van der Waals surface area (Å²) in [5.74, 6) is -1.28. The number of aliphatic carboxylic acids is 1. The smallest absolute Gasteiger partial charge is 0.336 e. The van der Waals surface area contributed by atoms with E-state index < -0.39 is 11.9 Å². The van der Waals surface area contributed by atoms with Crippen LogP contribution in [0.25, 0.3) is 11.0 Å². The van der Waals surface area contributed by atoms with Crippen LogP contribution < -0.4 is 5.63 Å². The molecule has 0 spiro atoms. The third-order valence-corrected chi connectivity index (χ3v) is 3.43. The second-order valence-electron chi connectivity index (χ2n) is 5.53. The van der Waals surface area contributed by atoms with E-state index in [1.165, 1.54) is 6.07 Å². The van der Waals surface area contributed by atoms with E-state index in [4.69, 9.17) is 9.52 Å². The van der Waals surface area contributed by atoms with Crippen molar-refractivity contribution in [3.05, 3.63) is 45.8 Å². The highest BCUT2D eigenvalue weighted by Crippen LogP contribution is 2.19. The largest absolute Gasteiger partial charge is 0.481 e. The number of carbonyl (C=O) groups is 1. The summed E-state index contributed by atoms with van der Waals surface area (Å²) in [7, 11) is 1.84. The maximum atomic E-state index is 11.6. The Balaban J connectivity index is 2.29. The Morgan fingerprint density at radius 1 is 1.38 bits per heavy atom. The van der Waals surface area contributed by atoms with E-state index in [1.807, 2.05) is 37.1 Å². The van der Waals surface area contributed by atoms with Crippen molar-refractivity contribution < 1.29 is 14.3 Å². The van der Waals surface area contributed by atoms with Crippen LogP contribution >= 0.6 is 0 Å². The number of hydrogen-bond donors (Lipinski definition) is 1. The van der Waals surface area contributed by atoms with Crippen molar-refractivity contribution >= 4 is 16.9 Å². The number of nitrogens with zero attached hydrogens (tertiary/aromatic N) is 1. The number of rotatable bonds is 5. The molecule has 0 aliphatic heterocycles. The summed E-state index contributed by atoms with van der Waals surface area (Å²) < 4.78 is 5.22. The highest BCUT2D eigenvalue weighted by Gasteiger charge is 2.15. The number of carboxylic acids is 1. The monoisotopic (exact) mass is 289 g/mol. The van der Waals surface area contributed by atoms with Crippen LogP contribution in [0.1, 0.15) is 18.1 Å². The van der Waals surface area contributed by atoms with Gasteiger partial charge in [-0.25, -0.2) is 4.79 Å². The standard InChI is InChI=1S/C16H19NO4/c1-10-4-5-13-12(7-15(18)21-14(13)6-10)9-17(3)8-11(2)16(19)20/h4-7,11H,8-9H2,1-3H3,(H,19,20). The van der Waals surface area contributed by atoms with E-state index >= 15 is 0 Å². The van der Waals surface area contributed by atoms with Gasteiger partial charge in [0.2, 0.25) is 0 Å². The summed E-state index contributed by atoms with van der Waals surface area (Å²) in [6, 6.07) is 7.20. The molecule has 0 bridgehead atoms. The molecule has 0 saturated heterocycles. The summed E-state index contributed by atoms with van der Waals surface area (Å²) in [5.41, 5.74) is 2.05. The Hall–Kier alpha value is -2.14. The van der Waals surface area contributed by atoms with Gasteiger partial charge in [0.15, 0.2) is 0 Å². The van der Waals surface area contributed by atoms with Crippen LogP contribution in [0.2, 0.25) is 0 Å². The van der Waals surface area contributed by atoms with Gasteiger partial charge in [-0.05, 0) is 31.2 Å². The predicted molar refractivity (Wildman–Crippen MR) is 80.4 cm³/mol. The molecule has 0 amide bonds. The fourth-order valence-corrected chi connectivity index (χ4v) is 2.37. The van der Waals surface area contributed by atoms with Crippen molar-refractivity contribution in [2.24, 2.45) is 5.92 Å². The van der Waals surface area contributed by atoms with Crippen molar-refractivity contribution in [1.29, 1.82) is 0 Å². The van der Waals surface area contributed by atoms with Crippen LogP contribution in [0.15, 0.2) is 33.5 Å². The van der Waals surface area contributed by atoms with E-state index in [1.54, 1.807) is 6.92 Å². The maximum Gasteiger partial charge on any atom is 0.336 e. The molecule has 0 aliphatic rings. The fraction of sp³-hybridized carbons (Fsp3) is 0.375. The van der Waals surface area contributed by atoms with Crippen molar-refractivity contribution in [3.8, 4) is 0 Å². The lowest BCUT2D eigenvalue weighted by Gasteiger charge is -2.19. The minimum atomic E-state index is -0.824. The second kappa shape index (κ2) is 6.10. The zero-order valence-electron chi connectivity index (χ0n) is 12.4. The average Bonchev–Trinajstić information content (AvgIpc) is 2.37. The highest BCUT2D eigenvalue weighted by molar-refractivity contribution is 5.80. The topological polar surface area (TPSA) is 70.8 Å². The first-order valence-corrected chi connectivity index (χ1v) is 6.81. The SMILES string of the molecule is Cc1ccc2c(CN(C)CC(C)C(=O)O)cc(=O)oc2c1. The zero-order valence-corrected chi connectivity index (χ0v) is 12.4. The van der Waals surface area contributed by atoms with E-state index in [0.29, 0.717) is 18.7 Å². The predicted octanol–water partition coefficient (Wildman–Crippen LogP) is 2.25. The lowest BCUT2D eigenvalue weighted by atomic mass is 10.1. The molecule has 1 heterocycles. The molecule has 2 rings (SSSR count). The Bertz CT molecular complexity index is 720. The van der Waals surface area contributed by atoms with Crippen LogP contribution in [0, 0.1) is 12.8 Å². The number of carboxylic acid groups (broad SMARTS) is 1. The molecule has 112 valence electrons. The lowest BCUT2D eigenvalue weighted by Crippen LogP contribution is -2.28. The van der Waals surface area contributed by atoms with Crippen LogP contribution in [-0.2, 0) is 11.3 Å². The van der Waals surface area contributed by atoms with Crippen molar-refractivity contribution in [3.63, 3.8) is 0 Å². The lowest BCUT2D eigenvalue weighted by molar-refractivity contribution is -0.141. The summed E-state index contributed by atoms with van der Waals surface area (Å²) in [6.45, 7) is 4.53. The number of fused-ring (bicyclic) bond motifs is 1. The van der Waals surface area contributed by atoms with Gasteiger partial charge in [-0.1, -0.05) is 19.1 Å². The van der Waals surface area contributed by atoms with E-state index in [2.05, 4.69) is 0 Å². The number of hydrogen-bond acceptors (Lipinski definition) is 4. The highest BCUT2D eigenvalue weighted by atomic mass is 16.4. The quantitative estimate of drug-likeness (QED) is 0.855. The second-order valence-corrected chi connectivity index (χ2v) is 5.53. The molecule has 5 nitrogen and oxygen atoms in total. The molecular weight excluding hydrogens is 270 g/mol. The first-order chi connectivity index (χ1) is 9.86. The van der Waals surface area contributed by atoms with Gasteiger partial charge < -0.3 is 14.4 Å². The Morgan fingerprint density at radius 2 is 2.10 bits per heavy atom. The normalized spacial score (nSPS) is 12.8. The van der Waals surface area contributed by atoms with Gasteiger partial charge in [0.1, 0.15) is 5.58 Å². The summed E-state index contributed by atoms with van der Waals surface area (Å²) in [4.78, 5) is 24.4. The van der Waals surface area contributed by atoms with E-state index in [9.17, 15) is 9.59 Å². The first-order valence-electron chi connectivity index (χ1n) is 6.81.